The topological polar surface area (TPSA) is 70.7 Å². The Hall–Kier alpha value is -2.18. The molecule has 7 heteroatoms. The average molecular weight is 319 g/mol. The van der Waals surface area contributed by atoms with Crippen molar-refractivity contribution in [2.45, 2.75) is 6.54 Å². The molecule has 0 radical (unpaired) electrons. The van der Waals surface area contributed by atoms with Crippen LogP contribution in [0.4, 0.5) is 5.69 Å². The summed E-state index contributed by atoms with van der Waals surface area (Å²) in [5.41, 5.74) is 2.06. The molecule has 3 aromatic rings. The number of hydrogen-bond donors (Lipinski definition) is 2. The Morgan fingerprint density at radius 3 is 2.90 bits per heavy atom. The highest BCUT2D eigenvalue weighted by Gasteiger charge is 2.07. The minimum absolute atomic E-state index is 0.100. The van der Waals surface area contributed by atoms with Crippen LogP contribution in [-0.4, -0.2) is 15.2 Å². The number of thiazole rings is 1. The molecule has 1 aromatic carbocycles. The number of benzene rings is 1. The van der Waals surface area contributed by atoms with Crippen molar-refractivity contribution in [3.63, 3.8) is 0 Å². The summed E-state index contributed by atoms with van der Waals surface area (Å²) in [5.74, 6) is 0. The van der Waals surface area contributed by atoms with Gasteiger partial charge >= 0.3 is 0 Å². The maximum Gasteiger partial charge on any atom is 0.285 e. The van der Waals surface area contributed by atoms with E-state index in [2.05, 4.69) is 20.5 Å². The van der Waals surface area contributed by atoms with E-state index in [-0.39, 0.29) is 5.02 Å². The van der Waals surface area contributed by atoms with E-state index in [4.69, 9.17) is 11.6 Å². The fraction of sp³-hybridized carbons (Fsp3) is 0.0714. The summed E-state index contributed by atoms with van der Waals surface area (Å²) in [6.45, 7) is 0.480. The Morgan fingerprint density at radius 1 is 1.29 bits per heavy atom. The van der Waals surface area contributed by atoms with Gasteiger partial charge in [0.15, 0.2) is 0 Å². The van der Waals surface area contributed by atoms with E-state index < -0.39 is 5.56 Å². The zero-order valence-corrected chi connectivity index (χ0v) is 12.4. The van der Waals surface area contributed by atoms with Crippen molar-refractivity contribution in [2.24, 2.45) is 0 Å². The van der Waals surface area contributed by atoms with Crippen molar-refractivity contribution >= 4 is 28.6 Å². The van der Waals surface area contributed by atoms with Gasteiger partial charge in [-0.25, -0.2) is 10.1 Å². The first kappa shape index (κ1) is 13.8. The minimum atomic E-state index is -0.412. The average Bonchev–Trinajstić information content (AvgIpc) is 2.99. The van der Waals surface area contributed by atoms with Gasteiger partial charge in [0.1, 0.15) is 10.0 Å². The van der Waals surface area contributed by atoms with Crippen molar-refractivity contribution in [3.8, 4) is 10.6 Å². The lowest BCUT2D eigenvalue weighted by Gasteiger charge is -2.04. The molecule has 2 heterocycles. The molecule has 106 valence electrons. The van der Waals surface area contributed by atoms with E-state index >= 15 is 0 Å². The lowest BCUT2D eigenvalue weighted by molar-refractivity contribution is 0.977. The van der Waals surface area contributed by atoms with Gasteiger partial charge in [-0.15, -0.1) is 11.3 Å². The van der Waals surface area contributed by atoms with Gasteiger partial charge in [-0.05, 0) is 0 Å². The number of halogens is 1. The van der Waals surface area contributed by atoms with Crippen LogP contribution >= 0.6 is 22.9 Å². The summed E-state index contributed by atoms with van der Waals surface area (Å²) in [7, 11) is 0. The van der Waals surface area contributed by atoms with Gasteiger partial charge in [0.2, 0.25) is 0 Å². The normalized spacial score (nSPS) is 10.5. The van der Waals surface area contributed by atoms with Crippen LogP contribution < -0.4 is 10.9 Å². The Labute approximate surface area is 129 Å². The SMILES string of the molecule is O=c1[nH]ncc(NCc2csc(-c3ccccc3)n2)c1Cl. The van der Waals surface area contributed by atoms with E-state index in [1.54, 1.807) is 11.3 Å². The molecule has 0 amide bonds. The van der Waals surface area contributed by atoms with Crippen LogP contribution in [-0.2, 0) is 6.54 Å². The third-order valence-electron chi connectivity index (χ3n) is 2.83. The van der Waals surface area contributed by atoms with Crippen LogP contribution in [0.3, 0.4) is 0 Å². The van der Waals surface area contributed by atoms with E-state index in [0.29, 0.717) is 12.2 Å². The highest BCUT2D eigenvalue weighted by Crippen LogP contribution is 2.24. The standard InChI is InChI=1S/C14H11ClN4OS/c15-12-11(7-17-19-13(12)20)16-6-10-8-21-14(18-10)9-4-2-1-3-5-9/h1-5,7-8H,6H2,(H2,16,19,20). The molecule has 0 unspecified atom stereocenters. The van der Waals surface area contributed by atoms with Crippen LogP contribution in [0.15, 0.2) is 46.7 Å². The molecule has 0 atom stereocenters. The molecule has 0 fully saturated rings. The van der Waals surface area contributed by atoms with E-state index in [1.807, 2.05) is 35.7 Å². The molecule has 0 aliphatic rings. The maximum absolute atomic E-state index is 11.3. The van der Waals surface area contributed by atoms with E-state index in [1.165, 1.54) is 6.20 Å². The summed E-state index contributed by atoms with van der Waals surface area (Å²) in [6, 6.07) is 9.98. The molecule has 0 saturated heterocycles. The highest BCUT2D eigenvalue weighted by molar-refractivity contribution is 7.13. The third kappa shape index (κ3) is 3.12. The molecular formula is C14H11ClN4OS. The van der Waals surface area contributed by atoms with Gasteiger partial charge in [-0.3, -0.25) is 4.79 Å². The molecule has 0 spiro atoms. The first-order valence-corrected chi connectivity index (χ1v) is 7.46. The smallest absolute Gasteiger partial charge is 0.285 e. The lowest BCUT2D eigenvalue weighted by Crippen LogP contribution is -2.11. The summed E-state index contributed by atoms with van der Waals surface area (Å²) in [6.07, 6.45) is 1.48. The van der Waals surface area contributed by atoms with Gasteiger partial charge in [0, 0.05) is 10.9 Å². The number of H-pyrrole nitrogens is 1. The number of rotatable bonds is 4. The number of nitrogens with zero attached hydrogens (tertiary/aromatic N) is 2. The lowest BCUT2D eigenvalue weighted by atomic mass is 10.2. The molecule has 2 N–H and O–H groups in total. The second-order valence-corrected chi connectivity index (χ2v) is 5.53. The largest absolute Gasteiger partial charge is 0.377 e. The summed E-state index contributed by atoms with van der Waals surface area (Å²) < 4.78 is 0. The molecule has 3 rings (SSSR count). The van der Waals surface area contributed by atoms with Crippen molar-refractivity contribution in [1.82, 2.24) is 15.2 Å². The van der Waals surface area contributed by atoms with Crippen LogP contribution in [0.1, 0.15) is 5.69 Å². The fourth-order valence-electron chi connectivity index (χ4n) is 1.79. The molecule has 0 aliphatic heterocycles. The summed E-state index contributed by atoms with van der Waals surface area (Å²) in [5, 5.41) is 12.1. The molecule has 0 bridgehead atoms. The van der Waals surface area contributed by atoms with Gasteiger partial charge < -0.3 is 5.32 Å². The van der Waals surface area contributed by atoms with Crippen molar-refractivity contribution in [1.29, 1.82) is 0 Å². The Morgan fingerprint density at radius 2 is 2.10 bits per heavy atom. The molecule has 0 aliphatic carbocycles. The van der Waals surface area contributed by atoms with Crippen LogP contribution in [0.25, 0.3) is 10.6 Å². The van der Waals surface area contributed by atoms with Crippen LogP contribution in [0.2, 0.25) is 5.02 Å². The Kier molecular flexibility index (Phi) is 3.98. The summed E-state index contributed by atoms with van der Waals surface area (Å²) in [4.78, 5) is 15.9. The van der Waals surface area contributed by atoms with Gasteiger partial charge in [0.25, 0.3) is 5.56 Å². The van der Waals surface area contributed by atoms with Crippen molar-refractivity contribution < 1.29 is 0 Å². The Bertz CT molecular complexity index is 800. The molecular weight excluding hydrogens is 308 g/mol. The number of aromatic amines is 1. The zero-order valence-electron chi connectivity index (χ0n) is 10.8. The van der Waals surface area contributed by atoms with Gasteiger partial charge in [0.05, 0.1) is 24.1 Å². The van der Waals surface area contributed by atoms with Crippen molar-refractivity contribution in [2.75, 3.05) is 5.32 Å². The number of hydrogen-bond acceptors (Lipinski definition) is 5. The monoisotopic (exact) mass is 318 g/mol. The van der Waals surface area contributed by atoms with Gasteiger partial charge in [-0.2, -0.15) is 5.10 Å². The van der Waals surface area contributed by atoms with Crippen LogP contribution in [0, 0.1) is 0 Å². The van der Waals surface area contributed by atoms with E-state index in [0.717, 1.165) is 16.3 Å². The zero-order chi connectivity index (χ0) is 14.7. The summed E-state index contributed by atoms with van der Waals surface area (Å²) >= 11 is 7.47. The predicted molar refractivity (Wildman–Crippen MR) is 84.7 cm³/mol. The highest BCUT2D eigenvalue weighted by atomic mass is 35.5. The number of nitrogens with one attached hydrogen (secondary N) is 2. The molecule has 5 nitrogen and oxygen atoms in total. The quantitative estimate of drug-likeness (QED) is 0.775. The number of anilines is 1. The predicted octanol–water partition coefficient (Wildman–Crippen LogP) is 3.16. The van der Waals surface area contributed by atoms with E-state index in [9.17, 15) is 4.79 Å². The number of aromatic nitrogens is 3. The first-order chi connectivity index (χ1) is 10.2. The van der Waals surface area contributed by atoms with Crippen molar-refractivity contribution in [3.05, 3.63) is 63.0 Å². The minimum Gasteiger partial charge on any atom is -0.377 e. The Balaban J connectivity index is 1.74. The first-order valence-electron chi connectivity index (χ1n) is 6.21. The molecule has 0 saturated carbocycles. The second kappa shape index (κ2) is 6.07. The second-order valence-electron chi connectivity index (χ2n) is 4.29. The fourth-order valence-corrected chi connectivity index (χ4v) is 2.78. The molecule has 21 heavy (non-hydrogen) atoms. The van der Waals surface area contributed by atoms with Crippen LogP contribution in [0.5, 0.6) is 0 Å². The third-order valence-corrected chi connectivity index (χ3v) is 4.14. The molecule has 2 aromatic heterocycles. The van der Waals surface area contributed by atoms with Gasteiger partial charge in [-0.1, -0.05) is 41.9 Å². The maximum atomic E-state index is 11.3.